The number of aliphatic hydroxyl groups is 1. The standard InChI is InChI=1S/C23H22N2O4/c26-23(18-2-1-7-24-12-18)17-4-6-20-19(11-17)14-25(8-9-27-20)13-16-3-5-21-22(10-16)29-15-28-21/h1-7,10-12,23,26H,8-9,13-15H2. The van der Waals surface area contributed by atoms with Gasteiger partial charge in [-0.1, -0.05) is 18.2 Å². The van der Waals surface area contributed by atoms with Gasteiger partial charge in [-0.25, -0.2) is 0 Å². The second-order valence-electron chi connectivity index (χ2n) is 7.30. The molecule has 0 aliphatic carbocycles. The molecule has 0 fully saturated rings. The van der Waals surface area contributed by atoms with Gasteiger partial charge in [0.1, 0.15) is 18.5 Å². The molecule has 2 aromatic carbocycles. The van der Waals surface area contributed by atoms with E-state index in [1.54, 1.807) is 12.4 Å². The largest absolute Gasteiger partial charge is 0.492 e. The molecule has 6 heteroatoms. The maximum Gasteiger partial charge on any atom is 0.231 e. The molecule has 0 amide bonds. The van der Waals surface area contributed by atoms with Gasteiger partial charge in [0.2, 0.25) is 6.79 Å². The summed E-state index contributed by atoms with van der Waals surface area (Å²) in [5, 5.41) is 10.7. The lowest BCUT2D eigenvalue weighted by Gasteiger charge is -2.20. The van der Waals surface area contributed by atoms with Crippen molar-refractivity contribution in [2.45, 2.75) is 19.2 Å². The van der Waals surface area contributed by atoms with Crippen LogP contribution in [0.25, 0.3) is 0 Å². The second kappa shape index (κ2) is 7.73. The van der Waals surface area contributed by atoms with Crippen molar-refractivity contribution in [2.75, 3.05) is 19.9 Å². The van der Waals surface area contributed by atoms with Crippen molar-refractivity contribution in [2.24, 2.45) is 0 Å². The molecule has 0 saturated heterocycles. The van der Waals surface area contributed by atoms with E-state index in [2.05, 4.69) is 16.0 Å². The fourth-order valence-electron chi connectivity index (χ4n) is 3.80. The molecular weight excluding hydrogens is 368 g/mol. The van der Waals surface area contributed by atoms with Gasteiger partial charge in [-0.15, -0.1) is 0 Å². The maximum absolute atomic E-state index is 10.7. The number of aliphatic hydroxyl groups excluding tert-OH is 1. The third-order valence-electron chi connectivity index (χ3n) is 5.30. The van der Waals surface area contributed by atoms with Crippen molar-refractivity contribution in [3.05, 3.63) is 83.2 Å². The zero-order valence-corrected chi connectivity index (χ0v) is 16.0. The van der Waals surface area contributed by atoms with Gasteiger partial charge >= 0.3 is 0 Å². The molecule has 0 bridgehead atoms. The van der Waals surface area contributed by atoms with Crippen LogP contribution in [-0.2, 0) is 13.1 Å². The van der Waals surface area contributed by atoms with Gasteiger partial charge in [-0.3, -0.25) is 9.88 Å². The fourth-order valence-corrected chi connectivity index (χ4v) is 3.80. The van der Waals surface area contributed by atoms with Crippen molar-refractivity contribution in [1.82, 2.24) is 9.88 Å². The summed E-state index contributed by atoms with van der Waals surface area (Å²) in [4.78, 5) is 6.44. The number of benzene rings is 2. The van der Waals surface area contributed by atoms with E-state index in [1.165, 1.54) is 5.56 Å². The van der Waals surface area contributed by atoms with Crippen LogP contribution in [0.3, 0.4) is 0 Å². The van der Waals surface area contributed by atoms with Crippen molar-refractivity contribution in [1.29, 1.82) is 0 Å². The summed E-state index contributed by atoms with van der Waals surface area (Å²) in [7, 11) is 0. The number of fused-ring (bicyclic) bond motifs is 2. The SMILES string of the molecule is OC(c1cccnc1)c1ccc2c(c1)CN(Cc1ccc3c(c1)OCO3)CCO2. The molecule has 1 aromatic heterocycles. The lowest BCUT2D eigenvalue weighted by molar-refractivity contribution is 0.174. The summed E-state index contributed by atoms with van der Waals surface area (Å²) in [6, 6.07) is 15.7. The minimum atomic E-state index is -0.709. The van der Waals surface area contributed by atoms with Crippen LogP contribution in [0.1, 0.15) is 28.4 Å². The molecule has 2 aliphatic heterocycles. The average Bonchev–Trinajstić information content (AvgIpc) is 3.13. The number of aromatic nitrogens is 1. The van der Waals surface area contributed by atoms with Gasteiger partial charge < -0.3 is 19.3 Å². The second-order valence-corrected chi connectivity index (χ2v) is 7.30. The molecule has 6 nitrogen and oxygen atoms in total. The highest BCUT2D eigenvalue weighted by molar-refractivity contribution is 5.45. The number of pyridine rings is 1. The average molecular weight is 390 g/mol. The molecule has 0 radical (unpaired) electrons. The van der Waals surface area contributed by atoms with E-state index in [0.29, 0.717) is 6.61 Å². The quantitative estimate of drug-likeness (QED) is 0.738. The van der Waals surface area contributed by atoms with Crippen molar-refractivity contribution in [3.63, 3.8) is 0 Å². The third-order valence-corrected chi connectivity index (χ3v) is 5.30. The normalized spacial score (nSPS) is 16.6. The number of nitrogens with zero attached hydrogens (tertiary/aromatic N) is 2. The summed E-state index contributed by atoms with van der Waals surface area (Å²) in [6.45, 7) is 3.27. The Balaban J connectivity index is 1.36. The molecule has 5 rings (SSSR count). The predicted molar refractivity (Wildman–Crippen MR) is 107 cm³/mol. The topological polar surface area (TPSA) is 64.1 Å². The van der Waals surface area contributed by atoms with Crippen molar-refractivity contribution in [3.8, 4) is 17.2 Å². The first kappa shape index (κ1) is 18.0. The van der Waals surface area contributed by atoms with Crippen molar-refractivity contribution < 1.29 is 19.3 Å². The highest BCUT2D eigenvalue weighted by Gasteiger charge is 2.20. The highest BCUT2D eigenvalue weighted by Crippen LogP contribution is 2.34. The van der Waals surface area contributed by atoms with E-state index >= 15 is 0 Å². The molecule has 0 saturated carbocycles. The Morgan fingerprint density at radius 1 is 0.966 bits per heavy atom. The van der Waals surface area contributed by atoms with E-state index in [1.807, 2.05) is 42.5 Å². The Morgan fingerprint density at radius 2 is 1.86 bits per heavy atom. The van der Waals surface area contributed by atoms with Gasteiger partial charge in [-0.05, 0) is 41.5 Å². The summed E-state index contributed by atoms with van der Waals surface area (Å²) >= 11 is 0. The molecule has 29 heavy (non-hydrogen) atoms. The van der Waals surface area contributed by atoms with Crippen LogP contribution in [0.5, 0.6) is 17.2 Å². The number of hydrogen-bond acceptors (Lipinski definition) is 6. The summed E-state index contributed by atoms with van der Waals surface area (Å²) in [6.07, 6.45) is 2.69. The van der Waals surface area contributed by atoms with Crippen LogP contribution in [0, 0.1) is 0 Å². The molecule has 0 spiro atoms. The van der Waals surface area contributed by atoms with Crippen LogP contribution in [0.15, 0.2) is 60.9 Å². The van der Waals surface area contributed by atoms with Gasteiger partial charge in [0, 0.05) is 43.2 Å². The lowest BCUT2D eigenvalue weighted by atomic mass is 10.00. The Labute approximate surface area is 169 Å². The first-order chi connectivity index (χ1) is 14.3. The van der Waals surface area contributed by atoms with Crippen LogP contribution < -0.4 is 14.2 Å². The molecule has 3 heterocycles. The van der Waals surface area contributed by atoms with Gasteiger partial charge in [0.15, 0.2) is 11.5 Å². The maximum atomic E-state index is 10.7. The van der Waals surface area contributed by atoms with E-state index < -0.39 is 6.10 Å². The number of rotatable bonds is 4. The smallest absolute Gasteiger partial charge is 0.231 e. The Kier molecular flexibility index (Phi) is 4.79. The van der Waals surface area contributed by atoms with E-state index in [-0.39, 0.29) is 6.79 Å². The van der Waals surface area contributed by atoms with Gasteiger partial charge in [0.25, 0.3) is 0 Å². The molecule has 2 aliphatic rings. The monoisotopic (exact) mass is 390 g/mol. The van der Waals surface area contributed by atoms with Gasteiger partial charge in [-0.2, -0.15) is 0 Å². The summed E-state index contributed by atoms with van der Waals surface area (Å²) < 4.78 is 16.8. The molecule has 1 N–H and O–H groups in total. The minimum Gasteiger partial charge on any atom is -0.492 e. The number of hydrogen-bond donors (Lipinski definition) is 1. The van der Waals surface area contributed by atoms with Crippen LogP contribution in [-0.4, -0.2) is 34.9 Å². The van der Waals surface area contributed by atoms with Crippen LogP contribution in [0.4, 0.5) is 0 Å². The first-order valence-corrected chi connectivity index (χ1v) is 9.71. The molecule has 3 aromatic rings. The minimum absolute atomic E-state index is 0.283. The highest BCUT2D eigenvalue weighted by atomic mass is 16.7. The summed E-state index contributed by atoms with van der Waals surface area (Å²) in [5.74, 6) is 2.48. The Morgan fingerprint density at radius 3 is 2.76 bits per heavy atom. The van der Waals surface area contributed by atoms with E-state index in [4.69, 9.17) is 14.2 Å². The zero-order valence-electron chi connectivity index (χ0n) is 16.0. The Bertz CT molecular complexity index is 1010. The fraction of sp³-hybridized carbons (Fsp3) is 0.261. The van der Waals surface area contributed by atoms with E-state index in [9.17, 15) is 5.11 Å². The zero-order chi connectivity index (χ0) is 19.6. The Hall–Kier alpha value is -3.09. The van der Waals surface area contributed by atoms with Gasteiger partial charge in [0.05, 0.1) is 0 Å². The molecule has 1 atom stereocenters. The van der Waals surface area contributed by atoms with Crippen LogP contribution in [0.2, 0.25) is 0 Å². The lowest BCUT2D eigenvalue weighted by Crippen LogP contribution is -2.25. The molecule has 1 unspecified atom stereocenters. The van der Waals surface area contributed by atoms with Crippen molar-refractivity contribution >= 4 is 0 Å². The van der Waals surface area contributed by atoms with Crippen LogP contribution >= 0.6 is 0 Å². The number of ether oxygens (including phenoxy) is 3. The predicted octanol–water partition coefficient (Wildman–Crippen LogP) is 3.29. The first-order valence-electron chi connectivity index (χ1n) is 9.71. The van der Waals surface area contributed by atoms with E-state index in [0.717, 1.165) is 53.6 Å². The third kappa shape index (κ3) is 3.77. The molecule has 148 valence electrons. The summed E-state index contributed by atoms with van der Waals surface area (Å²) in [5.41, 5.74) is 3.86. The molecular formula is C23H22N2O4.